The molecule has 0 aromatic heterocycles. The van der Waals surface area contributed by atoms with Crippen molar-refractivity contribution in [1.29, 1.82) is 0 Å². The molecule has 1 aromatic carbocycles. The normalized spacial score (nSPS) is 14.3. The Morgan fingerprint density at radius 1 is 1.40 bits per heavy atom. The van der Waals surface area contributed by atoms with E-state index in [9.17, 15) is 10.1 Å². The molecule has 0 unspecified atom stereocenters. The van der Waals surface area contributed by atoms with Gasteiger partial charge < -0.3 is 0 Å². The number of nitro benzene ring substituents is 1. The lowest BCUT2D eigenvalue weighted by Gasteiger charge is -2.06. The number of nitrogens with zero attached hydrogens (tertiary/aromatic N) is 2. The first kappa shape index (κ1) is 9.72. The highest BCUT2D eigenvalue weighted by Gasteiger charge is 2.16. The van der Waals surface area contributed by atoms with Crippen molar-refractivity contribution in [3.05, 3.63) is 51.4 Å². The van der Waals surface area contributed by atoms with Crippen molar-refractivity contribution < 1.29 is 4.92 Å². The number of hydrogen-bond acceptors (Lipinski definition) is 5. The highest BCUT2D eigenvalue weighted by Crippen LogP contribution is 2.20. The highest BCUT2D eigenvalue weighted by molar-refractivity contribution is 8.00. The van der Waals surface area contributed by atoms with Gasteiger partial charge in [0.25, 0.3) is 5.69 Å². The van der Waals surface area contributed by atoms with Crippen molar-refractivity contribution in [3.8, 4) is 0 Å². The molecule has 1 heterocycles. The Hall–Kier alpha value is -1.82. The molecule has 0 radical (unpaired) electrons. The maximum atomic E-state index is 10.8. The molecule has 1 aromatic rings. The SMILES string of the molecule is O=[N+]([O-])c1ccccc1C1=NNSC=C1. The average Bonchev–Trinajstić information content (AvgIpc) is 2.30. The summed E-state index contributed by atoms with van der Waals surface area (Å²) in [5.41, 5.74) is 1.15. The Morgan fingerprint density at radius 3 is 2.87 bits per heavy atom. The Labute approximate surface area is 90.2 Å². The second kappa shape index (κ2) is 4.14. The number of hydrogen-bond donors (Lipinski definition) is 1. The number of allylic oxidation sites excluding steroid dienone is 1. The Kier molecular flexibility index (Phi) is 2.68. The van der Waals surface area contributed by atoms with Gasteiger partial charge in [0, 0.05) is 6.07 Å². The molecule has 0 fully saturated rings. The van der Waals surface area contributed by atoms with Crippen molar-refractivity contribution in [2.24, 2.45) is 5.10 Å². The van der Waals surface area contributed by atoms with Gasteiger partial charge in [-0.15, -0.1) is 0 Å². The van der Waals surface area contributed by atoms with E-state index in [-0.39, 0.29) is 5.69 Å². The Balaban J connectivity index is 2.47. The second-order valence-electron chi connectivity index (χ2n) is 2.78. The minimum Gasteiger partial charge on any atom is -0.258 e. The van der Waals surface area contributed by atoms with Crippen LogP contribution in [0, 0.1) is 10.1 Å². The van der Waals surface area contributed by atoms with E-state index in [0.29, 0.717) is 11.3 Å². The molecule has 1 aliphatic heterocycles. The summed E-state index contributed by atoms with van der Waals surface area (Å²) in [4.78, 5) is 13.1. The minimum atomic E-state index is -0.409. The summed E-state index contributed by atoms with van der Waals surface area (Å²) < 4.78 is 0. The summed E-state index contributed by atoms with van der Waals surface area (Å²) in [7, 11) is 0. The van der Waals surface area contributed by atoms with Crippen molar-refractivity contribution in [2.45, 2.75) is 0 Å². The van der Waals surface area contributed by atoms with Crippen LogP contribution in [0.2, 0.25) is 0 Å². The van der Waals surface area contributed by atoms with Crippen LogP contribution in [-0.4, -0.2) is 10.6 Å². The molecule has 0 saturated carbocycles. The molecule has 0 spiro atoms. The number of nitrogens with one attached hydrogen (secondary N) is 1. The van der Waals surface area contributed by atoms with Crippen LogP contribution in [0.25, 0.3) is 0 Å². The van der Waals surface area contributed by atoms with Gasteiger partial charge in [0.15, 0.2) is 0 Å². The molecule has 0 bridgehead atoms. The van der Waals surface area contributed by atoms with Crippen molar-refractivity contribution in [1.82, 2.24) is 4.83 Å². The fourth-order valence-corrected chi connectivity index (χ4v) is 1.65. The van der Waals surface area contributed by atoms with Crippen LogP contribution in [-0.2, 0) is 0 Å². The zero-order valence-corrected chi connectivity index (χ0v) is 8.40. The van der Waals surface area contributed by atoms with Crippen molar-refractivity contribution in [2.75, 3.05) is 0 Å². The van der Waals surface area contributed by atoms with Crippen LogP contribution in [0.3, 0.4) is 0 Å². The predicted molar refractivity (Wildman–Crippen MR) is 59.5 cm³/mol. The first-order valence-corrected chi connectivity index (χ1v) is 5.05. The van der Waals surface area contributed by atoms with E-state index in [2.05, 4.69) is 9.93 Å². The molecule has 1 aliphatic rings. The van der Waals surface area contributed by atoms with Crippen LogP contribution >= 0.6 is 11.9 Å². The summed E-state index contributed by atoms with van der Waals surface area (Å²) in [5, 5.41) is 16.5. The van der Waals surface area contributed by atoms with Gasteiger partial charge in [-0.1, -0.05) is 12.1 Å². The third-order valence-corrected chi connectivity index (χ3v) is 2.36. The van der Waals surface area contributed by atoms with E-state index >= 15 is 0 Å². The first-order chi connectivity index (χ1) is 7.29. The van der Waals surface area contributed by atoms with Crippen LogP contribution in [0.4, 0.5) is 5.69 Å². The lowest BCUT2D eigenvalue weighted by Crippen LogP contribution is -2.08. The van der Waals surface area contributed by atoms with Gasteiger partial charge in [-0.2, -0.15) is 5.10 Å². The maximum Gasteiger partial charge on any atom is 0.278 e. The van der Waals surface area contributed by atoms with E-state index in [4.69, 9.17) is 0 Å². The van der Waals surface area contributed by atoms with Gasteiger partial charge in [-0.25, -0.2) is 4.83 Å². The monoisotopic (exact) mass is 221 g/mol. The van der Waals surface area contributed by atoms with Crippen molar-refractivity contribution in [3.63, 3.8) is 0 Å². The van der Waals surface area contributed by atoms with Gasteiger partial charge >= 0.3 is 0 Å². The smallest absolute Gasteiger partial charge is 0.258 e. The van der Waals surface area contributed by atoms with Gasteiger partial charge in [-0.05, 0) is 29.5 Å². The Bertz CT molecular complexity index is 456. The number of hydrazone groups is 1. The maximum absolute atomic E-state index is 10.8. The molecular weight excluding hydrogens is 214 g/mol. The molecule has 15 heavy (non-hydrogen) atoms. The largest absolute Gasteiger partial charge is 0.278 e. The van der Waals surface area contributed by atoms with E-state index < -0.39 is 4.92 Å². The zero-order valence-electron chi connectivity index (χ0n) is 7.58. The molecule has 5 nitrogen and oxygen atoms in total. The number of rotatable bonds is 2. The molecule has 2 rings (SSSR count). The quantitative estimate of drug-likeness (QED) is 0.471. The molecule has 6 heteroatoms. The van der Waals surface area contributed by atoms with E-state index in [1.807, 2.05) is 0 Å². The third kappa shape index (κ3) is 1.99. The average molecular weight is 221 g/mol. The molecule has 76 valence electrons. The first-order valence-electron chi connectivity index (χ1n) is 4.18. The predicted octanol–water partition coefficient (Wildman–Crippen LogP) is 2.06. The van der Waals surface area contributed by atoms with Gasteiger partial charge in [0.1, 0.15) is 0 Å². The van der Waals surface area contributed by atoms with Gasteiger partial charge in [0.2, 0.25) is 0 Å². The van der Waals surface area contributed by atoms with E-state index in [1.165, 1.54) is 18.0 Å². The summed E-state index contributed by atoms with van der Waals surface area (Å²) in [6.07, 6.45) is 1.74. The highest BCUT2D eigenvalue weighted by atomic mass is 32.2. The lowest BCUT2D eigenvalue weighted by atomic mass is 10.1. The summed E-state index contributed by atoms with van der Waals surface area (Å²) in [5.74, 6) is 0. The van der Waals surface area contributed by atoms with Gasteiger partial charge in [-0.3, -0.25) is 10.1 Å². The summed E-state index contributed by atoms with van der Waals surface area (Å²) in [6.45, 7) is 0. The lowest BCUT2D eigenvalue weighted by molar-refractivity contribution is -0.385. The fraction of sp³-hybridized carbons (Fsp3) is 0. The van der Waals surface area contributed by atoms with Crippen molar-refractivity contribution >= 4 is 23.3 Å². The third-order valence-electron chi connectivity index (χ3n) is 1.89. The molecule has 0 amide bonds. The standard InChI is InChI=1S/C9H7N3O2S/c13-12(14)9-4-2-1-3-7(9)8-5-6-15-11-10-8/h1-6,11H. The van der Waals surface area contributed by atoms with Crippen LogP contribution in [0.1, 0.15) is 5.56 Å². The van der Waals surface area contributed by atoms with E-state index in [1.54, 1.807) is 29.7 Å². The minimum absolute atomic E-state index is 0.0644. The number of nitro groups is 1. The molecule has 1 N–H and O–H groups in total. The molecular formula is C9H7N3O2S. The van der Waals surface area contributed by atoms with Gasteiger partial charge in [0.05, 0.1) is 16.2 Å². The molecule has 0 aliphatic carbocycles. The molecule has 0 atom stereocenters. The van der Waals surface area contributed by atoms with Crippen LogP contribution in [0.5, 0.6) is 0 Å². The van der Waals surface area contributed by atoms with Crippen LogP contribution in [0.15, 0.2) is 40.9 Å². The number of para-hydroxylation sites is 1. The fourth-order valence-electron chi connectivity index (χ4n) is 1.24. The summed E-state index contributed by atoms with van der Waals surface area (Å²) in [6, 6.07) is 6.53. The topological polar surface area (TPSA) is 67.5 Å². The zero-order chi connectivity index (χ0) is 10.7. The number of benzene rings is 1. The second-order valence-corrected chi connectivity index (χ2v) is 3.47. The van der Waals surface area contributed by atoms with Crippen LogP contribution < -0.4 is 4.83 Å². The molecule has 0 saturated heterocycles. The summed E-state index contributed by atoms with van der Waals surface area (Å²) >= 11 is 1.32. The van der Waals surface area contributed by atoms with E-state index in [0.717, 1.165) is 0 Å². The Morgan fingerprint density at radius 2 is 2.20 bits per heavy atom.